The van der Waals surface area contributed by atoms with Crippen molar-refractivity contribution in [2.75, 3.05) is 0 Å². The zero-order chi connectivity index (χ0) is 22.5. The molecule has 3 rings (SSSR count). The van der Waals surface area contributed by atoms with Gasteiger partial charge >= 0.3 is 6.11 Å². The lowest BCUT2D eigenvalue weighted by Crippen LogP contribution is -2.23. The summed E-state index contributed by atoms with van der Waals surface area (Å²) in [6.07, 6.45) is -1.26. The Hall–Kier alpha value is -3.54. The average Bonchev–Trinajstić information content (AvgIpc) is 2.69. The number of hydrogen-bond acceptors (Lipinski definition) is 4. The van der Waals surface area contributed by atoms with Gasteiger partial charge in [0.15, 0.2) is 5.82 Å². The van der Waals surface area contributed by atoms with Crippen molar-refractivity contribution in [2.45, 2.75) is 26.9 Å². The third-order valence-corrected chi connectivity index (χ3v) is 3.70. The molecule has 9 heteroatoms. The first-order valence-corrected chi connectivity index (χ1v) is 8.76. The standard InChI is InChI=1S/C19H10F5N3O.C2H6/c1-10-8-26-18(27-9-10)11-2-3-14(17(22)4-11)19(23,24)28-12-5-15(20)13(7-25)16(21)6-12;1-2/h2-6,8-9H,1H3;1-2H3. The number of rotatable bonds is 4. The zero-order valence-electron chi connectivity index (χ0n) is 16.2. The van der Waals surface area contributed by atoms with E-state index < -0.39 is 40.4 Å². The number of benzene rings is 2. The molecule has 0 radical (unpaired) electrons. The summed E-state index contributed by atoms with van der Waals surface area (Å²) in [5.41, 5.74) is -1.16. The second kappa shape index (κ2) is 9.31. The van der Waals surface area contributed by atoms with Gasteiger partial charge in [0.2, 0.25) is 0 Å². The van der Waals surface area contributed by atoms with Gasteiger partial charge in [-0.2, -0.15) is 14.0 Å². The first-order valence-electron chi connectivity index (χ1n) is 8.76. The molecule has 4 nitrogen and oxygen atoms in total. The fraction of sp³-hybridized carbons (Fsp3) is 0.190. The van der Waals surface area contributed by atoms with Crippen molar-refractivity contribution < 1.29 is 26.7 Å². The molecule has 0 saturated heterocycles. The van der Waals surface area contributed by atoms with Crippen LogP contribution in [-0.4, -0.2) is 9.97 Å². The molecule has 0 unspecified atom stereocenters. The van der Waals surface area contributed by atoms with E-state index in [2.05, 4.69) is 14.7 Å². The van der Waals surface area contributed by atoms with E-state index in [9.17, 15) is 22.0 Å². The minimum atomic E-state index is -4.23. The summed E-state index contributed by atoms with van der Waals surface area (Å²) in [6, 6.07) is 4.83. The van der Waals surface area contributed by atoms with Gasteiger partial charge in [-0.25, -0.2) is 23.1 Å². The van der Waals surface area contributed by atoms with Crippen LogP contribution in [0.3, 0.4) is 0 Å². The van der Waals surface area contributed by atoms with Gasteiger partial charge in [0, 0.05) is 30.1 Å². The lowest BCUT2D eigenvalue weighted by molar-refractivity contribution is -0.187. The molecule has 0 atom stereocenters. The minimum Gasteiger partial charge on any atom is -0.429 e. The summed E-state index contributed by atoms with van der Waals surface area (Å²) >= 11 is 0. The molecule has 0 aliphatic carbocycles. The van der Waals surface area contributed by atoms with Crippen molar-refractivity contribution in [3.05, 3.63) is 76.9 Å². The summed E-state index contributed by atoms with van der Waals surface area (Å²) in [6.45, 7) is 5.75. The predicted octanol–water partition coefficient (Wildman–Crippen LogP) is 5.90. The molecule has 1 aromatic heterocycles. The number of hydrogen-bond donors (Lipinski definition) is 0. The number of nitriles is 1. The van der Waals surface area contributed by atoms with Crippen LogP contribution in [0.15, 0.2) is 42.7 Å². The van der Waals surface area contributed by atoms with Gasteiger partial charge in [-0.05, 0) is 24.6 Å². The van der Waals surface area contributed by atoms with Crippen LogP contribution in [0.25, 0.3) is 11.4 Å². The summed E-state index contributed by atoms with van der Waals surface area (Å²) in [4.78, 5) is 7.96. The van der Waals surface area contributed by atoms with Gasteiger partial charge in [0.1, 0.15) is 34.8 Å². The Bertz CT molecular complexity index is 1060. The van der Waals surface area contributed by atoms with Crippen LogP contribution >= 0.6 is 0 Å². The van der Waals surface area contributed by atoms with Crippen molar-refractivity contribution in [3.8, 4) is 23.2 Å². The second-order valence-corrected chi connectivity index (χ2v) is 5.77. The van der Waals surface area contributed by atoms with E-state index in [1.807, 2.05) is 13.8 Å². The average molecular weight is 421 g/mol. The highest BCUT2D eigenvalue weighted by molar-refractivity contribution is 5.55. The maximum Gasteiger partial charge on any atom is 0.429 e. The number of halogens is 5. The van der Waals surface area contributed by atoms with Crippen LogP contribution in [0, 0.1) is 35.7 Å². The van der Waals surface area contributed by atoms with Crippen LogP contribution in [0.1, 0.15) is 30.5 Å². The van der Waals surface area contributed by atoms with Crippen LogP contribution in [-0.2, 0) is 6.11 Å². The van der Waals surface area contributed by atoms with Crippen molar-refractivity contribution in [1.82, 2.24) is 9.97 Å². The first kappa shape index (κ1) is 22.7. The normalized spacial score (nSPS) is 10.6. The Morgan fingerprint density at radius 1 is 0.933 bits per heavy atom. The van der Waals surface area contributed by atoms with Gasteiger partial charge < -0.3 is 4.74 Å². The van der Waals surface area contributed by atoms with E-state index >= 15 is 0 Å². The quantitative estimate of drug-likeness (QED) is 0.493. The van der Waals surface area contributed by atoms with E-state index in [1.165, 1.54) is 24.5 Å². The Kier molecular flexibility index (Phi) is 7.06. The molecule has 0 fully saturated rings. The number of alkyl halides is 2. The molecular weight excluding hydrogens is 405 g/mol. The molecule has 0 amide bonds. The number of aryl methyl sites for hydroxylation is 1. The molecule has 0 N–H and O–H groups in total. The molecule has 156 valence electrons. The predicted molar refractivity (Wildman–Crippen MR) is 99.1 cm³/mol. The highest BCUT2D eigenvalue weighted by Crippen LogP contribution is 2.35. The zero-order valence-corrected chi connectivity index (χ0v) is 16.2. The summed E-state index contributed by atoms with van der Waals surface area (Å²) in [5.74, 6) is -4.83. The van der Waals surface area contributed by atoms with E-state index in [1.54, 1.807) is 6.92 Å². The van der Waals surface area contributed by atoms with Crippen LogP contribution in [0.2, 0.25) is 0 Å². The van der Waals surface area contributed by atoms with E-state index in [0.717, 1.165) is 17.7 Å². The van der Waals surface area contributed by atoms with Gasteiger partial charge in [-0.15, -0.1) is 0 Å². The lowest BCUT2D eigenvalue weighted by Gasteiger charge is -2.19. The molecule has 3 aromatic rings. The SMILES string of the molecule is CC.Cc1cnc(-c2ccc(C(F)(F)Oc3cc(F)c(C#N)c(F)c3)c(F)c2)nc1. The minimum absolute atomic E-state index is 0.136. The molecule has 1 heterocycles. The lowest BCUT2D eigenvalue weighted by atomic mass is 10.1. The van der Waals surface area contributed by atoms with Crippen molar-refractivity contribution in [3.63, 3.8) is 0 Å². The highest BCUT2D eigenvalue weighted by atomic mass is 19.3. The van der Waals surface area contributed by atoms with Gasteiger partial charge in [-0.3, -0.25) is 0 Å². The highest BCUT2D eigenvalue weighted by Gasteiger charge is 2.38. The van der Waals surface area contributed by atoms with E-state index in [4.69, 9.17) is 5.26 Å². The molecule has 30 heavy (non-hydrogen) atoms. The fourth-order valence-electron chi connectivity index (χ4n) is 2.35. The van der Waals surface area contributed by atoms with Gasteiger partial charge in [0.05, 0.1) is 5.56 Å². The maximum atomic E-state index is 14.3. The Balaban J connectivity index is 0.00000155. The van der Waals surface area contributed by atoms with Crippen LogP contribution < -0.4 is 4.74 Å². The van der Waals surface area contributed by atoms with Crippen LogP contribution in [0.4, 0.5) is 22.0 Å². The second-order valence-electron chi connectivity index (χ2n) is 5.77. The fourth-order valence-corrected chi connectivity index (χ4v) is 2.35. The van der Waals surface area contributed by atoms with Crippen molar-refractivity contribution in [2.24, 2.45) is 0 Å². The molecule has 0 saturated carbocycles. The molecule has 0 bridgehead atoms. The Morgan fingerprint density at radius 2 is 1.50 bits per heavy atom. The van der Waals surface area contributed by atoms with E-state index in [0.29, 0.717) is 12.1 Å². The van der Waals surface area contributed by atoms with Crippen molar-refractivity contribution in [1.29, 1.82) is 5.26 Å². The first-order chi connectivity index (χ1) is 14.2. The molecule has 2 aromatic carbocycles. The molecule has 0 aliphatic rings. The maximum absolute atomic E-state index is 14.3. The topological polar surface area (TPSA) is 58.8 Å². The van der Waals surface area contributed by atoms with Crippen molar-refractivity contribution >= 4 is 0 Å². The molecule has 0 aliphatic heterocycles. The van der Waals surface area contributed by atoms with Gasteiger partial charge in [-0.1, -0.05) is 19.9 Å². The third kappa shape index (κ3) is 4.89. The number of aromatic nitrogens is 2. The summed E-state index contributed by atoms with van der Waals surface area (Å²) < 4.78 is 74.4. The monoisotopic (exact) mass is 421 g/mol. The van der Waals surface area contributed by atoms with E-state index in [-0.39, 0.29) is 11.4 Å². The smallest absolute Gasteiger partial charge is 0.429 e. The Morgan fingerprint density at radius 3 is 2.00 bits per heavy atom. The molecule has 0 spiro atoms. The van der Waals surface area contributed by atoms with Gasteiger partial charge in [0.25, 0.3) is 0 Å². The summed E-state index contributed by atoms with van der Waals surface area (Å²) in [7, 11) is 0. The van der Waals surface area contributed by atoms with Crippen LogP contribution in [0.5, 0.6) is 5.75 Å². The third-order valence-electron chi connectivity index (χ3n) is 3.70. The Labute approximate surface area is 169 Å². The number of ether oxygens (including phenoxy) is 1. The molecular formula is C21H16F5N3O. The summed E-state index contributed by atoms with van der Waals surface area (Å²) in [5, 5.41) is 8.59. The number of nitrogens with zero attached hydrogens (tertiary/aromatic N) is 3. The largest absolute Gasteiger partial charge is 0.429 e.